The van der Waals surface area contributed by atoms with Crippen LogP contribution in [0.15, 0.2) is 30.7 Å². The van der Waals surface area contributed by atoms with E-state index in [9.17, 15) is 32.8 Å². The van der Waals surface area contributed by atoms with Crippen molar-refractivity contribution in [1.82, 2.24) is 40.5 Å². The predicted octanol–water partition coefficient (Wildman–Crippen LogP) is 2.24. The molecule has 3 aromatic rings. The van der Waals surface area contributed by atoms with Crippen LogP contribution in [0.1, 0.15) is 83.7 Å². The summed E-state index contributed by atoms with van der Waals surface area (Å²) in [6.07, 6.45) is 8.48. The minimum Gasteiger partial charge on any atom is -0.370 e. The fourth-order valence-electron chi connectivity index (χ4n) is 8.35. The molecule has 52 heavy (non-hydrogen) atoms. The second-order valence-corrected chi connectivity index (χ2v) is 14.9. The minimum absolute atomic E-state index is 0.0612. The second-order valence-electron chi connectivity index (χ2n) is 14.9. The van der Waals surface area contributed by atoms with Crippen LogP contribution in [0.2, 0.25) is 0 Å². The molecule has 0 aromatic carbocycles. The highest BCUT2D eigenvalue weighted by Crippen LogP contribution is 2.70. The number of hydrogen-bond donors (Lipinski definition) is 4. The lowest BCUT2D eigenvalue weighted by molar-refractivity contribution is -0.137. The molecule has 274 valence electrons. The van der Waals surface area contributed by atoms with Crippen LogP contribution >= 0.6 is 0 Å². The van der Waals surface area contributed by atoms with E-state index in [0.29, 0.717) is 56.0 Å². The van der Waals surface area contributed by atoms with Crippen LogP contribution in [0.3, 0.4) is 0 Å². The zero-order chi connectivity index (χ0) is 36.4. The fraction of sp³-hybridized carbons (Fsp3) is 0.543. The van der Waals surface area contributed by atoms with E-state index in [1.54, 1.807) is 37.6 Å². The molecule has 8 rings (SSSR count). The first kappa shape index (κ1) is 33.9. The number of anilines is 2. The number of piperidine rings is 3. The van der Waals surface area contributed by atoms with Gasteiger partial charge < -0.3 is 20.4 Å². The molecular formula is C35H40F2N10O5. The number of carbonyl (C=O) groups is 5. The quantitative estimate of drug-likeness (QED) is 0.266. The fourth-order valence-corrected chi connectivity index (χ4v) is 8.35. The number of hydrogen-bond acceptors (Lipinski definition) is 9. The van der Waals surface area contributed by atoms with Gasteiger partial charge in [-0.2, -0.15) is 10.2 Å². The number of alkyl halides is 2. The average molecular weight is 719 g/mol. The van der Waals surface area contributed by atoms with E-state index in [0.717, 1.165) is 18.5 Å². The summed E-state index contributed by atoms with van der Waals surface area (Å²) in [4.78, 5) is 70.8. The lowest BCUT2D eigenvalue weighted by Crippen LogP contribution is -2.52. The molecule has 3 aliphatic heterocycles. The van der Waals surface area contributed by atoms with Crippen molar-refractivity contribution in [1.29, 1.82) is 0 Å². The highest BCUT2D eigenvalue weighted by atomic mass is 19.3. The van der Waals surface area contributed by atoms with Crippen LogP contribution in [0.4, 0.5) is 20.2 Å². The first-order chi connectivity index (χ1) is 24.9. The number of amides is 5. The molecule has 1 saturated carbocycles. The van der Waals surface area contributed by atoms with Crippen LogP contribution in [0.25, 0.3) is 0 Å². The number of imide groups is 1. The Labute approximate surface area is 297 Å². The lowest BCUT2D eigenvalue weighted by Gasteiger charge is -2.38. The third-order valence-corrected chi connectivity index (χ3v) is 11.7. The van der Waals surface area contributed by atoms with Gasteiger partial charge in [-0.15, -0.1) is 0 Å². The SMILES string of the molecule is C[C@@]12Cc3[nH]nc(C(=O)Nc4cnn(C5CCN(C(=O)C6CCN(c7ccc(C(=O)NC8CCC(=O)NC8=O)nc7)CC6)CC5)c4)c3C[C@@H]1C2(F)F. The second kappa shape index (κ2) is 12.8. The summed E-state index contributed by atoms with van der Waals surface area (Å²) in [6.45, 7) is 4.13. The topological polar surface area (TPSA) is 187 Å². The molecule has 4 fully saturated rings. The third kappa shape index (κ3) is 5.98. The number of H-pyrrole nitrogens is 1. The first-order valence-electron chi connectivity index (χ1n) is 17.8. The van der Waals surface area contributed by atoms with E-state index in [4.69, 9.17) is 0 Å². The van der Waals surface area contributed by atoms with Crippen LogP contribution in [0.5, 0.6) is 0 Å². The van der Waals surface area contributed by atoms with Crippen LogP contribution in [-0.2, 0) is 27.2 Å². The van der Waals surface area contributed by atoms with Crippen LogP contribution in [-0.4, -0.2) is 97.5 Å². The number of rotatable bonds is 7. The van der Waals surface area contributed by atoms with Gasteiger partial charge in [0.15, 0.2) is 5.69 Å². The Hall–Kier alpha value is -5.22. The summed E-state index contributed by atoms with van der Waals surface area (Å²) >= 11 is 0. The smallest absolute Gasteiger partial charge is 0.276 e. The van der Waals surface area contributed by atoms with Crippen LogP contribution in [0, 0.1) is 17.3 Å². The van der Waals surface area contributed by atoms with Gasteiger partial charge in [0.25, 0.3) is 17.7 Å². The number of carbonyl (C=O) groups excluding carboxylic acids is 5. The molecule has 0 bridgehead atoms. The van der Waals surface area contributed by atoms with Gasteiger partial charge in [-0.05, 0) is 50.7 Å². The normalized spacial score (nSPS) is 25.9. The Morgan fingerprint density at radius 3 is 2.46 bits per heavy atom. The Kier molecular flexibility index (Phi) is 8.33. The van der Waals surface area contributed by atoms with Crippen molar-refractivity contribution >= 4 is 40.9 Å². The van der Waals surface area contributed by atoms with Crippen molar-refractivity contribution in [2.75, 3.05) is 36.4 Å². The summed E-state index contributed by atoms with van der Waals surface area (Å²) in [7, 11) is 0. The maximum absolute atomic E-state index is 14.3. The van der Waals surface area contributed by atoms with Crippen molar-refractivity contribution in [2.24, 2.45) is 17.3 Å². The average Bonchev–Trinajstić information content (AvgIpc) is 3.57. The van der Waals surface area contributed by atoms with Crippen LogP contribution < -0.4 is 20.9 Å². The number of aromatic nitrogens is 5. The monoisotopic (exact) mass is 718 g/mol. The van der Waals surface area contributed by atoms with Gasteiger partial charge >= 0.3 is 0 Å². The molecule has 0 spiro atoms. The molecule has 3 atom stereocenters. The van der Waals surface area contributed by atoms with Crippen molar-refractivity contribution in [3.8, 4) is 0 Å². The first-order valence-corrected chi connectivity index (χ1v) is 17.8. The summed E-state index contributed by atoms with van der Waals surface area (Å²) in [5.74, 6) is -5.26. The Balaban J connectivity index is 0.785. The van der Waals surface area contributed by atoms with Crippen molar-refractivity contribution in [3.63, 3.8) is 0 Å². The van der Waals surface area contributed by atoms with E-state index >= 15 is 0 Å². The summed E-state index contributed by atoms with van der Waals surface area (Å²) in [5.41, 5.74) is 1.75. The summed E-state index contributed by atoms with van der Waals surface area (Å²) in [6, 6.07) is 2.70. The van der Waals surface area contributed by atoms with E-state index in [1.807, 2.05) is 9.58 Å². The third-order valence-electron chi connectivity index (χ3n) is 11.7. The number of halogens is 2. The summed E-state index contributed by atoms with van der Waals surface area (Å²) < 4.78 is 30.5. The van der Waals surface area contributed by atoms with Gasteiger partial charge in [-0.3, -0.25) is 39.1 Å². The molecule has 6 heterocycles. The maximum Gasteiger partial charge on any atom is 0.276 e. The highest BCUT2D eigenvalue weighted by Gasteiger charge is 2.78. The van der Waals surface area contributed by atoms with Crippen molar-refractivity contribution in [3.05, 3.63) is 53.4 Å². The van der Waals surface area contributed by atoms with E-state index < -0.39 is 41.0 Å². The number of aromatic amines is 1. The number of pyridine rings is 1. The molecule has 5 aliphatic rings. The predicted molar refractivity (Wildman–Crippen MR) is 180 cm³/mol. The Bertz CT molecular complexity index is 1930. The van der Waals surface area contributed by atoms with Gasteiger partial charge in [0.05, 0.1) is 29.8 Å². The number of nitrogens with zero attached hydrogens (tertiary/aromatic N) is 6. The molecule has 15 nitrogen and oxygen atoms in total. The molecule has 17 heteroatoms. The molecule has 1 unspecified atom stereocenters. The van der Waals surface area contributed by atoms with Gasteiger partial charge in [-0.1, -0.05) is 6.92 Å². The van der Waals surface area contributed by atoms with Gasteiger partial charge in [0.1, 0.15) is 11.7 Å². The Morgan fingerprint density at radius 2 is 1.75 bits per heavy atom. The van der Waals surface area contributed by atoms with E-state index in [2.05, 4.69) is 41.1 Å². The molecular weight excluding hydrogens is 678 g/mol. The molecule has 2 aliphatic carbocycles. The highest BCUT2D eigenvalue weighted by molar-refractivity contribution is 6.04. The Morgan fingerprint density at radius 1 is 0.981 bits per heavy atom. The van der Waals surface area contributed by atoms with Gasteiger partial charge in [0.2, 0.25) is 17.7 Å². The largest absolute Gasteiger partial charge is 0.370 e. The van der Waals surface area contributed by atoms with E-state index in [1.165, 1.54) is 0 Å². The molecule has 0 radical (unpaired) electrons. The molecule has 3 aromatic heterocycles. The van der Waals surface area contributed by atoms with Crippen molar-refractivity contribution in [2.45, 2.75) is 76.3 Å². The van der Waals surface area contributed by atoms with Gasteiger partial charge in [0, 0.05) is 73.7 Å². The lowest BCUT2D eigenvalue weighted by atomic mass is 9.87. The molecule has 4 N–H and O–H groups in total. The number of nitrogens with one attached hydrogen (secondary N) is 4. The maximum atomic E-state index is 14.3. The number of likely N-dealkylation sites (tertiary alicyclic amines) is 1. The minimum atomic E-state index is -2.74. The molecule has 3 saturated heterocycles. The zero-order valence-corrected chi connectivity index (χ0v) is 28.7. The zero-order valence-electron chi connectivity index (χ0n) is 28.7. The number of fused-ring (bicyclic) bond motifs is 2. The van der Waals surface area contributed by atoms with E-state index in [-0.39, 0.29) is 60.8 Å². The standard InChI is InChI=1S/C35H40F2N10O5/c1-34-15-26-23(14-27(34)35(34,36)37)29(44-43-26)32(51)40-20-16-39-47(18-20)21-8-12-46(13-9-21)33(52)19-6-10-45(11-7-19)22-2-3-24(38-17-22)30(49)41-25-4-5-28(48)42-31(25)50/h2-3,16-19,21,25,27H,4-15H2,1H3,(H,40,51)(H,41,49)(H,43,44)(H,42,48,50)/t25?,27-,34+/m0/s1. The van der Waals surface area contributed by atoms with Gasteiger partial charge in [-0.25, -0.2) is 13.8 Å². The summed E-state index contributed by atoms with van der Waals surface area (Å²) in [5, 5.41) is 19.1. The molecule has 5 amide bonds. The van der Waals surface area contributed by atoms with Crippen molar-refractivity contribution < 1.29 is 32.8 Å².